The highest BCUT2D eigenvalue weighted by atomic mass is 16.4. The number of nitriles is 1. The molecule has 23 heavy (non-hydrogen) atoms. The summed E-state index contributed by atoms with van der Waals surface area (Å²) in [5.74, 6) is -1.13. The van der Waals surface area contributed by atoms with Crippen molar-refractivity contribution in [3.8, 4) is 17.3 Å². The van der Waals surface area contributed by atoms with Crippen molar-refractivity contribution < 1.29 is 9.90 Å². The van der Waals surface area contributed by atoms with Gasteiger partial charge in [-0.3, -0.25) is 14.2 Å². The fourth-order valence-corrected chi connectivity index (χ4v) is 2.35. The minimum absolute atomic E-state index is 0.00390. The number of hydrogen-bond acceptors (Lipinski definition) is 3. The van der Waals surface area contributed by atoms with E-state index in [1.165, 1.54) is 6.07 Å². The lowest BCUT2D eigenvalue weighted by Gasteiger charge is -2.19. The van der Waals surface area contributed by atoms with Crippen LogP contribution < -0.4 is 5.56 Å². The number of benzene rings is 1. The van der Waals surface area contributed by atoms with Gasteiger partial charge in [-0.25, -0.2) is 0 Å². The monoisotopic (exact) mass is 310 g/mol. The van der Waals surface area contributed by atoms with Gasteiger partial charge in [0.05, 0.1) is 5.69 Å². The molecule has 5 heteroatoms. The number of carboxylic acids is 1. The Bertz CT molecular complexity index is 835. The highest BCUT2D eigenvalue weighted by Crippen LogP contribution is 2.25. The van der Waals surface area contributed by atoms with Crippen LogP contribution >= 0.6 is 0 Å². The summed E-state index contributed by atoms with van der Waals surface area (Å²) < 4.78 is 1.12. The molecule has 0 saturated heterocycles. The van der Waals surface area contributed by atoms with Crippen molar-refractivity contribution in [3.05, 3.63) is 57.9 Å². The van der Waals surface area contributed by atoms with E-state index < -0.39 is 18.1 Å². The molecule has 0 aliphatic rings. The van der Waals surface area contributed by atoms with Crippen molar-refractivity contribution in [1.82, 2.24) is 4.57 Å². The van der Waals surface area contributed by atoms with Gasteiger partial charge in [0, 0.05) is 0 Å². The second kappa shape index (κ2) is 6.09. The van der Waals surface area contributed by atoms with Crippen molar-refractivity contribution in [2.75, 3.05) is 0 Å². The Balaban J connectivity index is 2.59. The number of pyridine rings is 1. The Morgan fingerprint density at radius 2 is 1.78 bits per heavy atom. The van der Waals surface area contributed by atoms with Gasteiger partial charge in [0.15, 0.2) is 0 Å². The number of rotatable bonds is 3. The summed E-state index contributed by atoms with van der Waals surface area (Å²) in [7, 11) is 0. The molecule has 1 aromatic carbocycles. The molecule has 0 unspecified atom stereocenters. The van der Waals surface area contributed by atoms with Crippen LogP contribution in [0.5, 0.6) is 0 Å². The SMILES string of the molecule is CC(C)(C)c1ccc(-c2ccc(C#N)c(=O)n2CC(=O)O)cc1. The highest BCUT2D eigenvalue weighted by molar-refractivity contribution is 5.69. The lowest BCUT2D eigenvalue weighted by atomic mass is 9.86. The van der Waals surface area contributed by atoms with Crippen LogP contribution in [0.15, 0.2) is 41.2 Å². The van der Waals surface area contributed by atoms with Gasteiger partial charge >= 0.3 is 5.97 Å². The second-order valence-electron chi connectivity index (χ2n) is 6.36. The Morgan fingerprint density at radius 1 is 1.17 bits per heavy atom. The average Bonchev–Trinajstić information content (AvgIpc) is 2.48. The van der Waals surface area contributed by atoms with Gasteiger partial charge < -0.3 is 5.11 Å². The first-order chi connectivity index (χ1) is 10.7. The molecule has 0 aliphatic heterocycles. The van der Waals surface area contributed by atoms with E-state index in [1.807, 2.05) is 24.3 Å². The van der Waals surface area contributed by atoms with Gasteiger partial charge in [-0.15, -0.1) is 0 Å². The summed E-state index contributed by atoms with van der Waals surface area (Å²) in [6.45, 7) is 5.82. The zero-order valence-electron chi connectivity index (χ0n) is 13.3. The molecule has 0 spiro atoms. The number of hydrogen-bond donors (Lipinski definition) is 1. The van der Waals surface area contributed by atoms with Gasteiger partial charge in [0.1, 0.15) is 18.2 Å². The minimum atomic E-state index is -1.13. The summed E-state index contributed by atoms with van der Waals surface area (Å²) in [5.41, 5.74) is 1.71. The quantitative estimate of drug-likeness (QED) is 0.945. The van der Waals surface area contributed by atoms with Gasteiger partial charge in [-0.05, 0) is 28.7 Å². The fraction of sp³-hybridized carbons (Fsp3) is 0.278. The van der Waals surface area contributed by atoms with Crippen LogP contribution in [0.3, 0.4) is 0 Å². The molecule has 118 valence electrons. The van der Waals surface area contributed by atoms with Gasteiger partial charge in [-0.2, -0.15) is 5.26 Å². The second-order valence-corrected chi connectivity index (χ2v) is 6.36. The number of carboxylic acid groups (broad SMARTS) is 1. The Labute approximate surface area is 134 Å². The van der Waals surface area contributed by atoms with E-state index in [4.69, 9.17) is 10.4 Å². The first-order valence-corrected chi connectivity index (χ1v) is 7.20. The predicted molar refractivity (Wildman–Crippen MR) is 87.2 cm³/mol. The van der Waals surface area contributed by atoms with Crippen LogP contribution in [0.25, 0.3) is 11.3 Å². The third kappa shape index (κ3) is 3.49. The van der Waals surface area contributed by atoms with Crippen LogP contribution in [-0.4, -0.2) is 15.6 Å². The van der Waals surface area contributed by atoms with E-state index in [9.17, 15) is 9.59 Å². The van der Waals surface area contributed by atoms with E-state index in [0.717, 1.165) is 15.7 Å². The van der Waals surface area contributed by atoms with Gasteiger partial charge in [0.25, 0.3) is 5.56 Å². The van der Waals surface area contributed by atoms with E-state index >= 15 is 0 Å². The number of aromatic nitrogens is 1. The summed E-state index contributed by atoms with van der Waals surface area (Å²) in [6.07, 6.45) is 0. The number of carbonyl (C=O) groups is 1. The zero-order valence-corrected chi connectivity index (χ0v) is 13.3. The Morgan fingerprint density at radius 3 is 2.26 bits per heavy atom. The van der Waals surface area contributed by atoms with Crippen molar-refractivity contribution in [2.24, 2.45) is 0 Å². The topological polar surface area (TPSA) is 83.1 Å². The first-order valence-electron chi connectivity index (χ1n) is 7.20. The van der Waals surface area contributed by atoms with Crippen molar-refractivity contribution in [2.45, 2.75) is 32.7 Å². The van der Waals surface area contributed by atoms with Crippen LogP contribution in [0.1, 0.15) is 31.9 Å². The van der Waals surface area contributed by atoms with E-state index in [-0.39, 0.29) is 11.0 Å². The molecular formula is C18H18N2O3. The molecule has 0 bridgehead atoms. The molecule has 0 saturated carbocycles. The lowest BCUT2D eigenvalue weighted by Crippen LogP contribution is -2.27. The molecule has 0 fully saturated rings. The summed E-state index contributed by atoms with van der Waals surface area (Å²) in [4.78, 5) is 23.3. The largest absolute Gasteiger partial charge is 0.480 e. The Hall–Kier alpha value is -2.87. The lowest BCUT2D eigenvalue weighted by molar-refractivity contribution is -0.137. The first kappa shape index (κ1) is 16.5. The van der Waals surface area contributed by atoms with Crippen molar-refractivity contribution in [1.29, 1.82) is 5.26 Å². The molecule has 1 heterocycles. The molecule has 2 aromatic rings. The fourth-order valence-electron chi connectivity index (χ4n) is 2.35. The maximum absolute atomic E-state index is 12.2. The maximum Gasteiger partial charge on any atom is 0.323 e. The minimum Gasteiger partial charge on any atom is -0.480 e. The van der Waals surface area contributed by atoms with Gasteiger partial charge in [-0.1, -0.05) is 45.0 Å². The smallest absolute Gasteiger partial charge is 0.323 e. The number of nitrogens with zero attached hydrogens (tertiary/aromatic N) is 2. The summed E-state index contributed by atoms with van der Waals surface area (Å²) >= 11 is 0. The van der Waals surface area contributed by atoms with E-state index in [0.29, 0.717) is 5.69 Å². The van der Waals surface area contributed by atoms with Crippen molar-refractivity contribution in [3.63, 3.8) is 0 Å². The zero-order chi connectivity index (χ0) is 17.2. The molecule has 0 aliphatic carbocycles. The standard InChI is InChI=1S/C18H18N2O3/c1-18(2,3)14-7-4-12(5-8-14)15-9-6-13(10-19)17(23)20(15)11-16(21)22/h4-9H,11H2,1-3H3,(H,21,22). The van der Waals surface area contributed by atoms with Crippen LogP contribution in [-0.2, 0) is 16.8 Å². The summed E-state index contributed by atoms with van der Waals surface area (Å²) in [5, 5.41) is 18.0. The predicted octanol–water partition coefficient (Wildman–Crippen LogP) is 2.77. The van der Waals surface area contributed by atoms with Crippen LogP contribution in [0, 0.1) is 11.3 Å². The molecular weight excluding hydrogens is 292 g/mol. The molecule has 2 rings (SSSR count). The maximum atomic E-state index is 12.2. The summed E-state index contributed by atoms with van der Waals surface area (Å²) in [6, 6.07) is 12.5. The molecule has 1 aromatic heterocycles. The third-order valence-corrected chi connectivity index (χ3v) is 3.63. The van der Waals surface area contributed by atoms with Gasteiger partial charge in [0.2, 0.25) is 0 Å². The molecule has 1 N–H and O–H groups in total. The molecule has 0 atom stereocenters. The van der Waals surface area contributed by atoms with Crippen LogP contribution in [0.2, 0.25) is 0 Å². The van der Waals surface area contributed by atoms with Crippen LogP contribution in [0.4, 0.5) is 0 Å². The highest BCUT2D eigenvalue weighted by Gasteiger charge is 2.16. The molecule has 5 nitrogen and oxygen atoms in total. The normalized spacial score (nSPS) is 11.0. The average molecular weight is 310 g/mol. The number of aliphatic carboxylic acids is 1. The molecule has 0 amide bonds. The molecule has 0 radical (unpaired) electrons. The Kier molecular flexibility index (Phi) is 4.37. The van der Waals surface area contributed by atoms with E-state index in [2.05, 4.69) is 20.8 Å². The van der Waals surface area contributed by atoms with E-state index in [1.54, 1.807) is 12.1 Å². The van der Waals surface area contributed by atoms with Crippen molar-refractivity contribution >= 4 is 5.97 Å². The third-order valence-electron chi connectivity index (χ3n) is 3.63.